The highest BCUT2D eigenvalue weighted by Crippen LogP contribution is 2.27. The number of thioether (sulfide) groups is 1. The number of nitrogens with zero attached hydrogens (tertiary/aromatic N) is 3. The van der Waals surface area contributed by atoms with Crippen LogP contribution >= 0.6 is 11.8 Å². The van der Waals surface area contributed by atoms with E-state index in [-0.39, 0.29) is 5.91 Å². The van der Waals surface area contributed by atoms with Gasteiger partial charge in [-0.25, -0.2) is 4.98 Å². The molecule has 0 saturated heterocycles. The van der Waals surface area contributed by atoms with Crippen molar-refractivity contribution < 1.29 is 9.53 Å². The van der Waals surface area contributed by atoms with Crippen molar-refractivity contribution in [2.45, 2.75) is 30.8 Å². The van der Waals surface area contributed by atoms with Gasteiger partial charge >= 0.3 is 0 Å². The molecule has 0 radical (unpaired) electrons. The van der Waals surface area contributed by atoms with Crippen LogP contribution in [0.1, 0.15) is 33.5 Å². The normalized spacial score (nSPS) is 11.1. The van der Waals surface area contributed by atoms with Crippen molar-refractivity contribution in [3.05, 3.63) is 89.2 Å². The summed E-state index contributed by atoms with van der Waals surface area (Å²) in [6.07, 6.45) is 4.45. The maximum Gasteiger partial charge on any atom is 0.251 e. The molecule has 0 saturated carbocycles. The summed E-state index contributed by atoms with van der Waals surface area (Å²) in [7, 11) is 1.66. The molecule has 6 nitrogen and oxygen atoms in total. The van der Waals surface area contributed by atoms with E-state index < -0.39 is 0 Å². The second kappa shape index (κ2) is 11.1. The Morgan fingerprint density at radius 3 is 2.58 bits per heavy atom. The number of nitrogens with one attached hydrogen (secondary N) is 1. The molecule has 33 heavy (non-hydrogen) atoms. The van der Waals surface area contributed by atoms with Gasteiger partial charge in [-0.1, -0.05) is 53.7 Å². The molecule has 0 fully saturated rings. The first-order chi connectivity index (χ1) is 16.1. The molecule has 0 atom stereocenters. The number of benzene rings is 2. The summed E-state index contributed by atoms with van der Waals surface area (Å²) < 4.78 is 7.23. The SMILES string of the molecule is COCCCNC(=O)c1ccc(CSc2nc3ccncc3n2Cc2ccc(C)cc2)cc1. The van der Waals surface area contributed by atoms with Crippen LogP contribution in [0, 0.1) is 6.92 Å². The van der Waals surface area contributed by atoms with Crippen molar-refractivity contribution in [3.8, 4) is 0 Å². The molecule has 7 heteroatoms. The van der Waals surface area contributed by atoms with Gasteiger partial charge in [-0.2, -0.15) is 0 Å². The predicted molar refractivity (Wildman–Crippen MR) is 133 cm³/mol. The summed E-state index contributed by atoms with van der Waals surface area (Å²) in [4.78, 5) is 21.4. The number of ether oxygens (including phenoxy) is 1. The minimum Gasteiger partial charge on any atom is -0.385 e. The summed E-state index contributed by atoms with van der Waals surface area (Å²) in [5.41, 5.74) is 6.26. The monoisotopic (exact) mass is 460 g/mol. The summed E-state index contributed by atoms with van der Waals surface area (Å²) >= 11 is 1.69. The average molecular weight is 461 g/mol. The number of aromatic nitrogens is 3. The van der Waals surface area contributed by atoms with Crippen molar-refractivity contribution in [3.63, 3.8) is 0 Å². The molecule has 2 heterocycles. The largest absolute Gasteiger partial charge is 0.385 e. The van der Waals surface area contributed by atoms with Gasteiger partial charge in [0.2, 0.25) is 0 Å². The Bertz CT molecular complexity index is 1200. The van der Waals surface area contributed by atoms with E-state index in [0.29, 0.717) is 18.7 Å². The zero-order valence-electron chi connectivity index (χ0n) is 19.0. The predicted octanol–water partition coefficient (Wildman–Crippen LogP) is 4.85. The van der Waals surface area contributed by atoms with Crippen molar-refractivity contribution in [2.24, 2.45) is 0 Å². The highest BCUT2D eigenvalue weighted by atomic mass is 32.2. The van der Waals surface area contributed by atoms with Crippen LogP contribution < -0.4 is 5.32 Å². The Morgan fingerprint density at radius 1 is 1.06 bits per heavy atom. The van der Waals surface area contributed by atoms with E-state index in [1.165, 1.54) is 11.1 Å². The number of pyridine rings is 1. The Labute approximate surface area is 198 Å². The van der Waals surface area contributed by atoms with Gasteiger partial charge in [0.15, 0.2) is 5.16 Å². The van der Waals surface area contributed by atoms with E-state index >= 15 is 0 Å². The van der Waals surface area contributed by atoms with Gasteiger partial charge in [0.25, 0.3) is 5.91 Å². The first-order valence-corrected chi connectivity index (χ1v) is 12.0. The molecule has 0 aliphatic carbocycles. The molecule has 2 aromatic heterocycles. The summed E-state index contributed by atoms with van der Waals surface area (Å²) in [5, 5.41) is 3.87. The number of hydrogen-bond acceptors (Lipinski definition) is 5. The Balaban J connectivity index is 1.44. The number of aryl methyl sites for hydroxylation is 1. The third-order valence-electron chi connectivity index (χ3n) is 5.37. The number of fused-ring (bicyclic) bond motifs is 1. The fraction of sp³-hybridized carbons (Fsp3) is 0.269. The second-order valence-corrected chi connectivity index (χ2v) is 8.86. The average Bonchev–Trinajstić information content (AvgIpc) is 3.19. The first-order valence-electron chi connectivity index (χ1n) is 11.0. The van der Waals surface area contributed by atoms with Gasteiger partial charge in [-0.05, 0) is 42.7 Å². The smallest absolute Gasteiger partial charge is 0.251 e. The topological polar surface area (TPSA) is 69.0 Å². The van der Waals surface area contributed by atoms with Gasteiger partial charge in [0.05, 0.1) is 23.8 Å². The molecule has 0 spiro atoms. The van der Waals surface area contributed by atoms with Gasteiger partial charge in [-0.15, -0.1) is 0 Å². The molecule has 0 bridgehead atoms. The quantitative estimate of drug-likeness (QED) is 0.271. The Hall–Kier alpha value is -3.16. The van der Waals surface area contributed by atoms with Gasteiger partial charge in [0.1, 0.15) is 0 Å². The van der Waals surface area contributed by atoms with E-state index in [2.05, 4.69) is 46.1 Å². The number of amides is 1. The van der Waals surface area contributed by atoms with E-state index in [1.807, 2.05) is 36.5 Å². The van der Waals surface area contributed by atoms with Crippen molar-refractivity contribution in [2.75, 3.05) is 20.3 Å². The molecule has 4 aromatic rings. The lowest BCUT2D eigenvalue weighted by Crippen LogP contribution is -2.25. The minimum absolute atomic E-state index is 0.0577. The fourth-order valence-corrected chi connectivity index (χ4v) is 4.48. The van der Waals surface area contributed by atoms with Crippen LogP contribution in [-0.4, -0.2) is 40.7 Å². The fourth-order valence-electron chi connectivity index (χ4n) is 3.51. The van der Waals surface area contributed by atoms with E-state index in [9.17, 15) is 4.79 Å². The summed E-state index contributed by atoms with van der Waals surface area (Å²) in [6, 6.07) is 18.3. The lowest BCUT2D eigenvalue weighted by Gasteiger charge is -2.10. The zero-order valence-corrected chi connectivity index (χ0v) is 19.8. The van der Waals surface area contributed by atoms with Crippen molar-refractivity contribution in [1.82, 2.24) is 19.9 Å². The van der Waals surface area contributed by atoms with E-state index in [0.717, 1.165) is 40.5 Å². The van der Waals surface area contributed by atoms with Crippen LogP contribution in [0.3, 0.4) is 0 Å². The van der Waals surface area contributed by atoms with Gasteiger partial charge < -0.3 is 14.6 Å². The van der Waals surface area contributed by atoms with Crippen molar-refractivity contribution in [1.29, 1.82) is 0 Å². The number of carbonyl (C=O) groups is 1. The molecule has 170 valence electrons. The highest BCUT2D eigenvalue weighted by molar-refractivity contribution is 7.98. The zero-order chi connectivity index (χ0) is 23.0. The maximum atomic E-state index is 12.3. The van der Waals surface area contributed by atoms with E-state index in [4.69, 9.17) is 9.72 Å². The minimum atomic E-state index is -0.0577. The molecule has 4 rings (SSSR count). The standard InChI is InChI=1S/C26H28N4O2S/c1-19-4-6-20(7-5-19)17-30-24-16-27-14-12-23(24)29-26(30)33-18-21-8-10-22(11-9-21)25(31)28-13-3-15-32-2/h4-12,14,16H,3,13,15,17-18H2,1-2H3,(H,28,31). The molecular weight excluding hydrogens is 432 g/mol. The number of carbonyl (C=O) groups excluding carboxylic acids is 1. The number of hydrogen-bond donors (Lipinski definition) is 1. The molecule has 0 unspecified atom stereocenters. The lowest BCUT2D eigenvalue weighted by atomic mass is 10.1. The number of rotatable bonds is 10. The first kappa shape index (κ1) is 23.0. The van der Waals surface area contributed by atoms with E-state index in [1.54, 1.807) is 25.1 Å². The van der Waals surface area contributed by atoms with Crippen LogP contribution in [0.5, 0.6) is 0 Å². The van der Waals surface area contributed by atoms with Crippen LogP contribution in [0.4, 0.5) is 0 Å². The number of methoxy groups -OCH3 is 1. The second-order valence-electron chi connectivity index (χ2n) is 7.92. The van der Waals surface area contributed by atoms with Crippen LogP contribution in [-0.2, 0) is 17.0 Å². The molecule has 1 amide bonds. The Kier molecular flexibility index (Phi) is 7.75. The van der Waals surface area contributed by atoms with Crippen LogP contribution in [0.15, 0.2) is 72.1 Å². The molecule has 1 N–H and O–H groups in total. The van der Waals surface area contributed by atoms with Gasteiger partial charge in [0, 0.05) is 37.8 Å². The summed E-state index contributed by atoms with van der Waals surface area (Å²) in [5.74, 6) is 0.707. The lowest BCUT2D eigenvalue weighted by molar-refractivity contribution is 0.0948. The van der Waals surface area contributed by atoms with Crippen molar-refractivity contribution >= 4 is 28.7 Å². The maximum absolute atomic E-state index is 12.3. The molecule has 2 aromatic carbocycles. The van der Waals surface area contributed by atoms with Gasteiger partial charge in [-0.3, -0.25) is 9.78 Å². The molecule has 0 aliphatic rings. The summed E-state index contributed by atoms with van der Waals surface area (Å²) in [6.45, 7) is 4.09. The highest BCUT2D eigenvalue weighted by Gasteiger charge is 2.13. The van der Waals surface area contributed by atoms with Crippen LogP contribution in [0.25, 0.3) is 11.0 Å². The van der Waals surface area contributed by atoms with Crippen LogP contribution in [0.2, 0.25) is 0 Å². The third kappa shape index (κ3) is 6.00. The Morgan fingerprint density at radius 2 is 1.82 bits per heavy atom. The molecule has 0 aliphatic heterocycles. The number of imidazole rings is 1. The molecular formula is C26H28N4O2S. The third-order valence-corrected chi connectivity index (χ3v) is 6.42.